The number of benzene rings is 2. The third-order valence-corrected chi connectivity index (χ3v) is 4.77. The van der Waals surface area contributed by atoms with E-state index in [1.807, 2.05) is 0 Å². The highest BCUT2D eigenvalue weighted by Crippen LogP contribution is 2.41. The summed E-state index contributed by atoms with van der Waals surface area (Å²) in [5, 5.41) is -0.871. The maximum Gasteiger partial charge on any atom is 0.573 e. The van der Waals surface area contributed by atoms with Crippen LogP contribution in [0.3, 0.4) is 0 Å². The van der Waals surface area contributed by atoms with Crippen molar-refractivity contribution >= 4 is 17.5 Å². The molecule has 4 nitrogen and oxygen atoms in total. The molecule has 2 aromatic carbocycles. The van der Waals surface area contributed by atoms with Crippen molar-refractivity contribution in [2.45, 2.75) is 30.7 Å². The normalized spacial score (nSPS) is 19.8. The number of amides is 1. The first-order valence-corrected chi connectivity index (χ1v) is 8.75. The second-order valence-corrected chi connectivity index (χ2v) is 6.76. The molecular formula is C19H16ClF4NO3. The predicted octanol–water partition coefficient (Wildman–Crippen LogP) is 4.81. The number of carbonyl (C=O) groups excluding carboxylic acids is 1. The second-order valence-electron chi connectivity index (χ2n) is 6.24. The summed E-state index contributed by atoms with van der Waals surface area (Å²) < 4.78 is 61.0. The van der Waals surface area contributed by atoms with E-state index in [4.69, 9.17) is 16.3 Å². The van der Waals surface area contributed by atoms with Gasteiger partial charge in [-0.25, -0.2) is 4.39 Å². The summed E-state index contributed by atoms with van der Waals surface area (Å²) in [7, 11) is 1.38. The van der Waals surface area contributed by atoms with E-state index < -0.39 is 35.3 Å². The first-order chi connectivity index (χ1) is 13.2. The number of hydrogen-bond acceptors (Lipinski definition) is 3. The van der Waals surface area contributed by atoms with E-state index in [9.17, 15) is 22.4 Å². The molecule has 1 amide bonds. The quantitative estimate of drug-likeness (QED) is 0.517. The average Bonchev–Trinajstić information content (AvgIpc) is 2.88. The van der Waals surface area contributed by atoms with Crippen LogP contribution in [0.2, 0.25) is 0 Å². The largest absolute Gasteiger partial charge is 0.573 e. The van der Waals surface area contributed by atoms with Crippen LogP contribution < -0.4 is 9.47 Å². The predicted molar refractivity (Wildman–Crippen MR) is 93.6 cm³/mol. The van der Waals surface area contributed by atoms with Crippen LogP contribution in [0.1, 0.15) is 23.6 Å². The first kappa shape index (κ1) is 20.3. The summed E-state index contributed by atoms with van der Waals surface area (Å²) in [5.41, 5.74) is 0.574. The molecule has 0 N–H and O–H groups in total. The van der Waals surface area contributed by atoms with Crippen molar-refractivity contribution < 1.29 is 31.8 Å². The Hall–Kier alpha value is -2.48. The molecule has 0 saturated carbocycles. The van der Waals surface area contributed by atoms with Crippen molar-refractivity contribution in [1.82, 2.24) is 4.90 Å². The van der Waals surface area contributed by atoms with Crippen molar-refractivity contribution in [2.24, 2.45) is 0 Å². The van der Waals surface area contributed by atoms with Crippen LogP contribution in [0, 0.1) is 5.82 Å². The van der Waals surface area contributed by atoms with Gasteiger partial charge in [0.25, 0.3) is 0 Å². The lowest BCUT2D eigenvalue weighted by Crippen LogP contribution is -2.30. The van der Waals surface area contributed by atoms with E-state index in [0.29, 0.717) is 5.56 Å². The number of hydrogen-bond donors (Lipinski definition) is 0. The van der Waals surface area contributed by atoms with Gasteiger partial charge >= 0.3 is 6.36 Å². The van der Waals surface area contributed by atoms with Gasteiger partial charge in [-0.15, -0.1) is 24.8 Å². The Morgan fingerprint density at radius 1 is 1.21 bits per heavy atom. The molecule has 0 unspecified atom stereocenters. The molecule has 0 aromatic heterocycles. The molecule has 2 aromatic rings. The van der Waals surface area contributed by atoms with Gasteiger partial charge in [-0.2, -0.15) is 0 Å². The van der Waals surface area contributed by atoms with Gasteiger partial charge in [-0.3, -0.25) is 4.79 Å². The minimum absolute atomic E-state index is 0.0563. The Labute approximate surface area is 163 Å². The van der Waals surface area contributed by atoms with Crippen molar-refractivity contribution in [3.8, 4) is 11.5 Å². The van der Waals surface area contributed by atoms with Crippen LogP contribution in [0.4, 0.5) is 17.6 Å². The molecule has 1 heterocycles. The number of carbonyl (C=O) groups is 1. The molecule has 1 fully saturated rings. The highest BCUT2D eigenvalue weighted by atomic mass is 35.5. The van der Waals surface area contributed by atoms with Gasteiger partial charge in [0.1, 0.15) is 22.7 Å². The lowest BCUT2D eigenvalue weighted by molar-refractivity contribution is -0.274. The molecule has 9 heteroatoms. The molecule has 2 atom stereocenters. The fourth-order valence-corrected chi connectivity index (χ4v) is 3.57. The molecule has 150 valence electrons. The van der Waals surface area contributed by atoms with Crippen molar-refractivity contribution in [2.75, 3.05) is 7.11 Å². The minimum atomic E-state index is -4.83. The first-order valence-electron chi connectivity index (χ1n) is 8.31. The molecule has 0 radical (unpaired) electrons. The lowest BCUT2D eigenvalue weighted by Gasteiger charge is -2.27. The van der Waals surface area contributed by atoms with E-state index in [1.165, 1.54) is 36.3 Å². The van der Waals surface area contributed by atoms with Gasteiger partial charge in [-0.1, -0.05) is 18.2 Å². The fraction of sp³-hybridized carbons (Fsp3) is 0.316. The standard InChI is InChI=1S/C19H16ClF4NO3/c1-27-16-7-3-6-14(21)17(16)15-9-13(20)18(26)25(15)10-11-4-2-5-12(8-11)28-19(22,23)24/h2-8,13,15H,9-10H2,1H3/t13-,15+/m0/s1. The van der Waals surface area contributed by atoms with Crippen molar-refractivity contribution in [3.63, 3.8) is 0 Å². The zero-order valence-electron chi connectivity index (χ0n) is 14.7. The van der Waals surface area contributed by atoms with Crippen LogP contribution in [-0.4, -0.2) is 29.7 Å². The molecule has 0 spiro atoms. The van der Waals surface area contributed by atoms with Crippen LogP contribution in [0.25, 0.3) is 0 Å². The highest BCUT2D eigenvalue weighted by molar-refractivity contribution is 6.31. The van der Waals surface area contributed by atoms with E-state index in [1.54, 1.807) is 12.1 Å². The number of methoxy groups -OCH3 is 1. The fourth-order valence-electron chi connectivity index (χ4n) is 3.28. The summed E-state index contributed by atoms with van der Waals surface area (Å²) in [5.74, 6) is -1.12. The average molecular weight is 418 g/mol. The third-order valence-electron chi connectivity index (χ3n) is 4.41. The zero-order chi connectivity index (χ0) is 20.5. The van der Waals surface area contributed by atoms with Crippen LogP contribution >= 0.6 is 11.6 Å². The van der Waals surface area contributed by atoms with E-state index in [2.05, 4.69) is 4.74 Å². The van der Waals surface area contributed by atoms with Gasteiger partial charge in [0, 0.05) is 6.54 Å². The molecular weight excluding hydrogens is 402 g/mol. The van der Waals surface area contributed by atoms with Crippen LogP contribution in [0.5, 0.6) is 11.5 Å². The van der Waals surface area contributed by atoms with Crippen molar-refractivity contribution in [1.29, 1.82) is 0 Å². The summed E-state index contributed by atoms with van der Waals surface area (Å²) >= 11 is 6.11. The number of nitrogens with zero attached hydrogens (tertiary/aromatic N) is 1. The highest BCUT2D eigenvalue weighted by Gasteiger charge is 2.41. The molecule has 1 aliphatic rings. The number of halogens is 5. The Balaban J connectivity index is 1.92. The third kappa shape index (κ3) is 4.32. The maximum atomic E-state index is 14.5. The Morgan fingerprint density at radius 3 is 2.61 bits per heavy atom. The SMILES string of the molecule is COc1cccc(F)c1[C@H]1C[C@H](Cl)C(=O)N1Cc1cccc(OC(F)(F)F)c1. The summed E-state index contributed by atoms with van der Waals surface area (Å²) in [6.45, 7) is -0.0563. The monoisotopic (exact) mass is 417 g/mol. The Bertz CT molecular complexity index is 874. The van der Waals surface area contributed by atoms with Crippen molar-refractivity contribution in [3.05, 3.63) is 59.4 Å². The molecule has 28 heavy (non-hydrogen) atoms. The topological polar surface area (TPSA) is 38.8 Å². The second kappa shape index (κ2) is 7.87. The van der Waals surface area contributed by atoms with E-state index in [-0.39, 0.29) is 24.3 Å². The Kier molecular flexibility index (Phi) is 5.69. The smallest absolute Gasteiger partial charge is 0.496 e. The molecule has 0 aliphatic carbocycles. The number of ether oxygens (including phenoxy) is 2. The number of rotatable bonds is 5. The van der Waals surface area contributed by atoms with Gasteiger partial charge in [0.15, 0.2) is 0 Å². The maximum absolute atomic E-state index is 14.5. The van der Waals surface area contributed by atoms with Gasteiger partial charge in [0.05, 0.1) is 18.7 Å². The van der Waals surface area contributed by atoms with E-state index >= 15 is 0 Å². The number of likely N-dealkylation sites (tertiary alicyclic amines) is 1. The zero-order valence-corrected chi connectivity index (χ0v) is 15.4. The molecule has 1 saturated heterocycles. The Morgan fingerprint density at radius 2 is 1.93 bits per heavy atom. The van der Waals surface area contributed by atoms with Gasteiger partial charge < -0.3 is 14.4 Å². The summed E-state index contributed by atoms with van der Waals surface area (Å²) in [4.78, 5) is 13.9. The van der Waals surface area contributed by atoms with Gasteiger partial charge in [0.2, 0.25) is 5.91 Å². The number of alkyl halides is 4. The van der Waals surface area contributed by atoms with Crippen LogP contribution in [0.15, 0.2) is 42.5 Å². The minimum Gasteiger partial charge on any atom is -0.496 e. The molecule has 3 rings (SSSR count). The van der Waals surface area contributed by atoms with E-state index in [0.717, 1.165) is 6.07 Å². The van der Waals surface area contributed by atoms with Crippen LogP contribution in [-0.2, 0) is 11.3 Å². The molecule has 1 aliphatic heterocycles. The van der Waals surface area contributed by atoms with Gasteiger partial charge in [-0.05, 0) is 36.2 Å². The summed E-state index contributed by atoms with van der Waals surface area (Å²) in [6.07, 6.45) is -4.68. The molecule has 0 bridgehead atoms. The lowest BCUT2D eigenvalue weighted by atomic mass is 10.0. The summed E-state index contributed by atoms with van der Waals surface area (Å²) in [6, 6.07) is 8.86.